The Morgan fingerprint density at radius 2 is 1.56 bits per heavy atom. The summed E-state index contributed by atoms with van der Waals surface area (Å²) in [6, 6.07) is 27.9. The van der Waals surface area contributed by atoms with Crippen molar-refractivity contribution in [3.63, 3.8) is 0 Å². The lowest BCUT2D eigenvalue weighted by Crippen LogP contribution is -2.46. The van der Waals surface area contributed by atoms with Crippen molar-refractivity contribution in [2.75, 3.05) is 31.1 Å². The summed E-state index contributed by atoms with van der Waals surface area (Å²) in [6.45, 7) is 5.08. The Morgan fingerprint density at radius 1 is 0.853 bits per heavy atom. The van der Waals surface area contributed by atoms with Crippen LogP contribution in [-0.4, -0.2) is 42.0 Å². The Hall–Kier alpha value is -3.41. The Kier molecular flexibility index (Phi) is 6.74. The number of amides is 1. The van der Waals surface area contributed by atoms with Gasteiger partial charge in [0.1, 0.15) is 5.82 Å². The van der Waals surface area contributed by atoms with Crippen molar-refractivity contribution in [3.8, 4) is 0 Å². The van der Waals surface area contributed by atoms with E-state index < -0.39 is 0 Å². The Bertz CT molecular complexity index is 1270. The van der Waals surface area contributed by atoms with Crippen LogP contribution in [-0.2, 0) is 13.1 Å². The lowest BCUT2D eigenvalue weighted by atomic mass is 10.1. The van der Waals surface area contributed by atoms with Crippen LogP contribution in [0.15, 0.2) is 84.9 Å². The molecule has 2 heterocycles. The SMILES string of the molecule is O=C(NCc1ccc(Cl)cc1)c1cc(N2CCN(Cc3ccccc3)CC2)nc2ccccc12. The van der Waals surface area contributed by atoms with Crippen molar-refractivity contribution in [1.29, 1.82) is 0 Å². The maximum absolute atomic E-state index is 13.2. The van der Waals surface area contributed by atoms with E-state index >= 15 is 0 Å². The Labute approximate surface area is 205 Å². The van der Waals surface area contributed by atoms with Crippen molar-refractivity contribution < 1.29 is 4.79 Å². The second-order valence-corrected chi connectivity index (χ2v) is 9.04. The van der Waals surface area contributed by atoms with Crippen LogP contribution in [0.3, 0.4) is 0 Å². The Morgan fingerprint density at radius 3 is 2.32 bits per heavy atom. The molecule has 1 aliphatic heterocycles. The number of anilines is 1. The number of para-hydroxylation sites is 1. The summed E-state index contributed by atoms with van der Waals surface area (Å²) in [5.41, 5.74) is 3.83. The molecule has 0 bridgehead atoms. The van der Waals surface area contributed by atoms with Gasteiger partial charge in [-0.15, -0.1) is 0 Å². The third kappa shape index (κ3) is 5.22. The number of pyridine rings is 1. The standard InChI is InChI=1S/C28H27ClN4O/c29-23-12-10-21(11-13-23)19-30-28(34)25-18-27(31-26-9-5-4-8-24(25)26)33-16-14-32(15-17-33)20-22-6-2-1-3-7-22/h1-13,18H,14-17,19-20H2,(H,30,34). The van der Waals surface area contributed by atoms with E-state index in [1.54, 1.807) is 0 Å². The van der Waals surface area contributed by atoms with Crippen molar-refractivity contribution in [2.45, 2.75) is 13.1 Å². The molecule has 34 heavy (non-hydrogen) atoms. The van der Waals surface area contributed by atoms with Gasteiger partial charge in [0.2, 0.25) is 0 Å². The maximum atomic E-state index is 13.2. The van der Waals surface area contributed by atoms with Gasteiger partial charge in [0.05, 0.1) is 11.1 Å². The van der Waals surface area contributed by atoms with E-state index in [4.69, 9.17) is 16.6 Å². The van der Waals surface area contributed by atoms with E-state index in [1.165, 1.54) is 5.56 Å². The van der Waals surface area contributed by atoms with Gasteiger partial charge < -0.3 is 10.2 Å². The first kappa shape index (κ1) is 22.4. The molecule has 6 heteroatoms. The van der Waals surface area contributed by atoms with Crippen molar-refractivity contribution in [2.24, 2.45) is 0 Å². The van der Waals surface area contributed by atoms with Crippen LogP contribution in [0.5, 0.6) is 0 Å². The van der Waals surface area contributed by atoms with Gasteiger partial charge in [-0.2, -0.15) is 0 Å². The number of hydrogen-bond acceptors (Lipinski definition) is 4. The summed E-state index contributed by atoms with van der Waals surface area (Å²) >= 11 is 5.97. The minimum atomic E-state index is -0.0995. The minimum absolute atomic E-state index is 0.0995. The molecule has 5 nitrogen and oxygen atoms in total. The highest BCUT2D eigenvalue weighted by Crippen LogP contribution is 2.24. The number of aromatic nitrogens is 1. The zero-order valence-electron chi connectivity index (χ0n) is 19.0. The monoisotopic (exact) mass is 470 g/mol. The molecule has 1 N–H and O–H groups in total. The van der Waals surface area contributed by atoms with Crippen LogP contribution in [0.25, 0.3) is 10.9 Å². The van der Waals surface area contributed by atoms with E-state index in [1.807, 2.05) is 54.6 Å². The first-order valence-corrected chi connectivity index (χ1v) is 12.0. The van der Waals surface area contributed by atoms with Crippen LogP contribution in [0, 0.1) is 0 Å². The number of hydrogen-bond donors (Lipinski definition) is 1. The van der Waals surface area contributed by atoms with Gasteiger partial charge in [-0.1, -0.05) is 72.3 Å². The Balaban J connectivity index is 1.31. The fourth-order valence-electron chi connectivity index (χ4n) is 4.37. The normalized spacial score (nSPS) is 14.3. The molecule has 5 rings (SSSR count). The predicted octanol–water partition coefficient (Wildman–Crippen LogP) is 5.14. The molecule has 0 atom stereocenters. The number of halogens is 1. The van der Waals surface area contributed by atoms with Gasteiger partial charge in [0, 0.05) is 49.7 Å². The zero-order valence-corrected chi connectivity index (χ0v) is 19.7. The lowest BCUT2D eigenvalue weighted by molar-refractivity contribution is 0.0952. The number of fused-ring (bicyclic) bond motifs is 1. The predicted molar refractivity (Wildman–Crippen MR) is 138 cm³/mol. The van der Waals surface area contributed by atoms with Crippen LogP contribution < -0.4 is 10.2 Å². The highest BCUT2D eigenvalue weighted by molar-refractivity contribution is 6.30. The zero-order chi connectivity index (χ0) is 23.3. The van der Waals surface area contributed by atoms with E-state index in [2.05, 4.69) is 45.4 Å². The lowest BCUT2D eigenvalue weighted by Gasteiger charge is -2.35. The van der Waals surface area contributed by atoms with Gasteiger partial charge in [0.25, 0.3) is 5.91 Å². The smallest absolute Gasteiger partial charge is 0.252 e. The second kappa shape index (κ2) is 10.2. The average Bonchev–Trinajstić information content (AvgIpc) is 2.88. The molecule has 0 saturated carbocycles. The second-order valence-electron chi connectivity index (χ2n) is 8.60. The van der Waals surface area contributed by atoms with Crippen molar-refractivity contribution in [3.05, 3.63) is 107 Å². The molecule has 1 fully saturated rings. The summed E-state index contributed by atoms with van der Waals surface area (Å²) in [5, 5.41) is 4.60. The molecule has 0 unspecified atom stereocenters. The summed E-state index contributed by atoms with van der Waals surface area (Å²) in [4.78, 5) is 22.8. The molecule has 1 aliphatic rings. The molecule has 3 aromatic carbocycles. The molecule has 0 spiro atoms. The summed E-state index contributed by atoms with van der Waals surface area (Å²) in [5.74, 6) is 0.757. The van der Waals surface area contributed by atoms with Gasteiger partial charge in [-0.05, 0) is 35.4 Å². The third-order valence-corrected chi connectivity index (χ3v) is 6.51. The molecular formula is C28H27ClN4O. The first-order valence-electron chi connectivity index (χ1n) is 11.6. The van der Waals surface area contributed by atoms with Crippen LogP contribution in [0.1, 0.15) is 21.5 Å². The highest BCUT2D eigenvalue weighted by atomic mass is 35.5. The molecule has 1 amide bonds. The molecule has 1 saturated heterocycles. The number of carbonyl (C=O) groups excluding carboxylic acids is 1. The number of carbonyl (C=O) groups is 1. The topological polar surface area (TPSA) is 48.5 Å². The van der Waals surface area contributed by atoms with E-state index in [0.29, 0.717) is 17.1 Å². The minimum Gasteiger partial charge on any atom is -0.354 e. The molecule has 4 aromatic rings. The van der Waals surface area contributed by atoms with Gasteiger partial charge in [-0.3, -0.25) is 9.69 Å². The van der Waals surface area contributed by atoms with Crippen LogP contribution >= 0.6 is 11.6 Å². The third-order valence-electron chi connectivity index (χ3n) is 6.26. The largest absolute Gasteiger partial charge is 0.354 e. The number of nitrogens with zero attached hydrogens (tertiary/aromatic N) is 3. The molecule has 0 radical (unpaired) electrons. The summed E-state index contributed by atoms with van der Waals surface area (Å²) in [6.07, 6.45) is 0. The number of benzene rings is 3. The quantitative estimate of drug-likeness (QED) is 0.424. The first-order chi connectivity index (χ1) is 16.7. The molecular weight excluding hydrogens is 444 g/mol. The number of piperazine rings is 1. The van der Waals surface area contributed by atoms with Crippen LogP contribution in [0.2, 0.25) is 5.02 Å². The van der Waals surface area contributed by atoms with Gasteiger partial charge >= 0.3 is 0 Å². The average molecular weight is 471 g/mol. The number of rotatable bonds is 6. The highest BCUT2D eigenvalue weighted by Gasteiger charge is 2.21. The van der Waals surface area contributed by atoms with E-state index in [-0.39, 0.29) is 5.91 Å². The van der Waals surface area contributed by atoms with E-state index in [9.17, 15) is 4.79 Å². The maximum Gasteiger partial charge on any atom is 0.252 e. The van der Waals surface area contributed by atoms with E-state index in [0.717, 1.165) is 55.0 Å². The fraction of sp³-hybridized carbons (Fsp3) is 0.214. The van der Waals surface area contributed by atoms with Crippen LogP contribution in [0.4, 0.5) is 5.82 Å². The fourth-order valence-corrected chi connectivity index (χ4v) is 4.49. The summed E-state index contributed by atoms with van der Waals surface area (Å²) in [7, 11) is 0. The van der Waals surface area contributed by atoms with Crippen molar-refractivity contribution >= 4 is 34.2 Å². The summed E-state index contributed by atoms with van der Waals surface area (Å²) < 4.78 is 0. The molecule has 172 valence electrons. The number of nitrogens with one attached hydrogen (secondary N) is 1. The molecule has 0 aliphatic carbocycles. The van der Waals surface area contributed by atoms with Crippen molar-refractivity contribution in [1.82, 2.24) is 15.2 Å². The van der Waals surface area contributed by atoms with Gasteiger partial charge in [0.15, 0.2) is 0 Å². The van der Waals surface area contributed by atoms with Gasteiger partial charge in [-0.25, -0.2) is 4.98 Å². The molecule has 1 aromatic heterocycles.